The summed E-state index contributed by atoms with van der Waals surface area (Å²) >= 11 is 0. The van der Waals surface area contributed by atoms with Gasteiger partial charge in [-0.2, -0.15) is 13.2 Å². The molecule has 0 aliphatic rings. The van der Waals surface area contributed by atoms with Crippen LogP contribution in [0.4, 0.5) is 13.2 Å². The summed E-state index contributed by atoms with van der Waals surface area (Å²) in [7, 11) is 0. The molecule has 1 aromatic rings. The van der Waals surface area contributed by atoms with Crippen molar-refractivity contribution >= 4 is 6.29 Å². The number of halogens is 3. The molecule has 0 amide bonds. The molecule has 4 heteroatoms. The van der Waals surface area contributed by atoms with Gasteiger partial charge < -0.3 is 0 Å². The van der Waals surface area contributed by atoms with Gasteiger partial charge in [-0.15, -0.1) is 0 Å². The van der Waals surface area contributed by atoms with E-state index in [0.717, 1.165) is 17.7 Å². The van der Waals surface area contributed by atoms with Crippen molar-refractivity contribution in [1.82, 2.24) is 0 Å². The van der Waals surface area contributed by atoms with Gasteiger partial charge in [0.1, 0.15) is 0 Å². The number of benzene rings is 1. The Bertz CT molecular complexity index is 314. The Hall–Kier alpha value is -1.32. The fourth-order valence-corrected chi connectivity index (χ4v) is 1.23. The van der Waals surface area contributed by atoms with Crippen LogP contribution in [-0.4, -0.2) is 6.29 Å². The first-order valence-electron chi connectivity index (χ1n) is 4.55. The van der Waals surface area contributed by atoms with Crippen molar-refractivity contribution in [3.8, 4) is 0 Å². The average molecular weight is 215 g/mol. The van der Waals surface area contributed by atoms with Gasteiger partial charge >= 0.3 is 6.18 Å². The van der Waals surface area contributed by atoms with Crippen LogP contribution in [0.15, 0.2) is 24.3 Å². The highest BCUT2D eigenvalue weighted by atomic mass is 19.4. The van der Waals surface area contributed by atoms with Gasteiger partial charge in [0.05, 0.1) is 5.56 Å². The smallest absolute Gasteiger partial charge is 0.291 e. The summed E-state index contributed by atoms with van der Waals surface area (Å²) in [6.07, 6.45) is -0.994. The van der Waals surface area contributed by atoms with Gasteiger partial charge in [0, 0.05) is 6.42 Å². The number of alkyl halides is 3. The molecule has 0 saturated carbocycles. The van der Waals surface area contributed by atoms with Crippen molar-refractivity contribution in [2.45, 2.75) is 25.4 Å². The summed E-state index contributed by atoms with van der Waals surface area (Å²) in [4.78, 5) is 9.91. The molecule has 0 aliphatic carbocycles. The predicted molar refractivity (Wildman–Crippen MR) is 50.1 cm³/mol. The average Bonchev–Trinajstić information content (AvgIpc) is 2.18. The molecule has 0 aromatic heterocycles. The fraction of sp³-hybridized carbons (Fsp3) is 0.364. The first-order chi connectivity index (χ1) is 7.04. The molecule has 0 N–H and O–H groups in total. The maximum absolute atomic E-state index is 12.2. The summed E-state index contributed by atoms with van der Waals surface area (Å²) in [6, 6.07) is 4.99. The van der Waals surface area contributed by atoms with E-state index >= 15 is 0 Å². The molecule has 15 heavy (non-hydrogen) atoms. The number of unbranched alkanes of at least 4 members (excludes halogenated alkanes) is 1. The normalized spacial score (nSPS) is 11.4. The van der Waals surface area contributed by atoms with E-state index in [-0.39, 0.29) is 0 Å². The second-order valence-corrected chi connectivity index (χ2v) is 3.19. The molecule has 1 nitrogen and oxygen atoms in total. The maximum Gasteiger partial charge on any atom is 0.416 e. The molecule has 0 fully saturated rings. The van der Waals surface area contributed by atoms with Crippen LogP contribution >= 0.6 is 0 Å². The molecule has 0 heterocycles. The van der Waals surface area contributed by atoms with Gasteiger partial charge in [0.15, 0.2) is 6.29 Å². The number of hydrogen-bond acceptors (Lipinski definition) is 1. The van der Waals surface area contributed by atoms with Crippen LogP contribution in [0.2, 0.25) is 0 Å². The Morgan fingerprint density at radius 2 is 1.73 bits per heavy atom. The molecule has 0 bridgehead atoms. The molecule has 1 aromatic carbocycles. The molecule has 0 aliphatic heterocycles. The van der Waals surface area contributed by atoms with Crippen molar-refractivity contribution in [3.63, 3.8) is 0 Å². The topological polar surface area (TPSA) is 17.1 Å². The molecule has 0 saturated heterocycles. The highest BCUT2D eigenvalue weighted by Crippen LogP contribution is 2.29. The molecule has 0 spiro atoms. The number of carbonyl (C=O) groups excluding carboxylic acids is 1. The van der Waals surface area contributed by atoms with Crippen LogP contribution in [0, 0.1) is 0 Å². The standard InChI is InChI=1S/C11H10F3O/c12-11(13,14)10-6-4-9(5-7-10)3-1-2-8-15/h4-7H,1-3H2. The summed E-state index contributed by atoms with van der Waals surface area (Å²) in [5, 5.41) is 0. The minimum absolute atomic E-state index is 0.320. The lowest BCUT2D eigenvalue weighted by Crippen LogP contribution is -2.04. The number of hydrogen-bond donors (Lipinski definition) is 0. The molecule has 1 radical (unpaired) electrons. The van der Waals surface area contributed by atoms with Gasteiger partial charge in [0.25, 0.3) is 0 Å². The third-order valence-corrected chi connectivity index (χ3v) is 2.03. The third-order valence-electron chi connectivity index (χ3n) is 2.03. The summed E-state index contributed by atoms with van der Waals surface area (Å²) < 4.78 is 36.5. The SMILES string of the molecule is O=[C]CCCc1ccc(C(F)(F)F)cc1. The highest BCUT2D eigenvalue weighted by molar-refractivity contribution is 5.50. The zero-order chi connectivity index (χ0) is 11.3. The maximum atomic E-state index is 12.2. The second-order valence-electron chi connectivity index (χ2n) is 3.19. The van der Waals surface area contributed by atoms with Gasteiger partial charge in [-0.1, -0.05) is 12.1 Å². The molecular weight excluding hydrogens is 205 g/mol. The van der Waals surface area contributed by atoms with Crippen molar-refractivity contribution in [3.05, 3.63) is 35.4 Å². The van der Waals surface area contributed by atoms with Gasteiger partial charge in [-0.05, 0) is 30.5 Å². The van der Waals surface area contributed by atoms with E-state index in [1.54, 1.807) is 6.29 Å². The van der Waals surface area contributed by atoms with Gasteiger partial charge in [-0.25, -0.2) is 0 Å². The monoisotopic (exact) mass is 215 g/mol. The Morgan fingerprint density at radius 3 is 2.20 bits per heavy atom. The molecular formula is C11H10F3O. The van der Waals surface area contributed by atoms with E-state index in [0.29, 0.717) is 19.3 Å². The first kappa shape index (κ1) is 11.8. The quantitative estimate of drug-likeness (QED) is 0.705. The summed E-state index contributed by atoms with van der Waals surface area (Å²) in [5.41, 5.74) is 0.159. The zero-order valence-electron chi connectivity index (χ0n) is 7.97. The van der Waals surface area contributed by atoms with Crippen LogP contribution in [0.3, 0.4) is 0 Å². The van der Waals surface area contributed by atoms with Gasteiger partial charge in [-0.3, -0.25) is 4.79 Å². The summed E-state index contributed by atoms with van der Waals surface area (Å²) in [6.45, 7) is 0. The minimum Gasteiger partial charge on any atom is -0.291 e. The lowest BCUT2D eigenvalue weighted by Gasteiger charge is -2.06. The van der Waals surface area contributed by atoms with E-state index < -0.39 is 11.7 Å². The molecule has 81 valence electrons. The van der Waals surface area contributed by atoms with Crippen molar-refractivity contribution in [2.24, 2.45) is 0 Å². The van der Waals surface area contributed by atoms with Crippen molar-refractivity contribution in [2.75, 3.05) is 0 Å². The van der Waals surface area contributed by atoms with E-state index in [2.05, 4.69) is 0 Å². The van der Waals surface area contributed by atoms with Gasteiger partial charge in [0.2, 0.25) is 0 Å². The molecule has 1 rings (SSSR count). The highest BCUT2D eigenvalue weighted by Gasteiger charge is 2.29. The van der Waals surface area contributed by atoms with Crippen LogP contribution in [-0.2, 0) is 17.4 Å². The fourth-order valence-electron chi connectivity index (χ4n) is 1.23. The van der Waals surface area contributed by atoms with Crippen molar-refractivity contribution < 1.29 is 18.0 Å². The van der Waals surface area contributed by atoms with Crippen molar-refractivity contribution in [1.29, 1.82) is 0 Å². The van der Waals surface area contributed by atoms with E-state index in [9.17, 15) is 18.0 Å². The summed E-state index contributed by atoms with van der Waals surface area (Å²) in [5.74, 6) is 0. The second kappa shape index (κ2) is 4.96. The Morgan fingerprint density at radius 1 is 1.13 bits per heavy atom. The Labute approximate surface area is 85.9 Å². The third kappa shape index (κ3) is 3.73. The first-order valence-corrected chi connectivity index (χ1v) is 4.55. The number of rotatable bonds is 4. The lowest BCUT2D eigenvalue weighted by molar-refractivity contribution is -0.137. The Kier molecular flexibility index (Phi) is 3.88. The lowest BCUT2D eigenvalue weighted by atomic mass is 10.1. The van der Waals surface area contributed by atoms with E-state index in [1.165, 1.54) is 12.1 Å². The number of aryl methyl sites for hydroxylation is 1. The predicted octanol–water partition coefficient (Wildman–Crippen LogP) is 3.14. The zero-order valence-corrected chi connectivity index (χ0v) is 7.97. The molecule has 0 atom stereocenters. The molecule has 0 unspecified atom stereocenters. The van der Waals surface area contributed by atoms with Crippen LogP contribution < -0.4 is 0 Å². The van der Waals surface area contributed by atoms with Crippen LogP contribution in [0.1, 0.15) is 24.0 Å². The van der Waals surface area contributed by atoms with Crippen LogP contribution in [0.5, 0.6) is 0 Å². The minimum atomic E-state index is -4.28. The van der Waals surface area contributed by atoms with E-state index in [4.69, 9.17) is 0 Å². The largest absolute Gasteiger partial charge is 0.416 e. The Balaban J connectivity index is 2.60. The van der Waals surface area contributed by atoms with Crippen LogP contribution in [0.25, 0.3) is 0 Å². The van der Waals surface area contributed by atoms with E-state index in [1.807, 2.05) is 0 Å².